The van der Waals surface area contributed by atoms with E-state index in [4.69, 9.17) is 0 Å². The lowest BCUT2D eigenvalue weighted by molar-refractivity contribution is -0.274. The van der Waals surface area contributed by atoms with Crippen molar-refractivity contribution in [2.45, 2.75) is 86.7 Å². The quantitative estimate of drug-likeness (QED) is 0.580. The molecular weight excluding hydrogens is 483 g/mol. The first-order valence-electron chi connectivity index (χ1n) is 12.3. The average Bonchev–Trinajstić information content (AvgIpc) is 3.15. The van der Waals surface area contributed by atoms with Crippen LogP contribution < -0.4 is 14.8 Å². The third-order valence-electron chi connectivity index (χ3n) is 8.25. The number of halogens is 3. The lowest BCUT2D eigenvalue weighted by Crippen LogP contribution is -2.69. The fourth-order valence-corrected chi connectivity index (χ4v) is 8.90. The molecule has 0 aromatic heterocycles. The Morgan fingerprint density at radius 1 is 1.17 bits per heavy atom. The first-order valence-corrected chi connectivity index (χ1v) is 13.8. The molecule has 0 spiro atoms. The zero-order valence-corrected chi connectivity index (χ0v) is 20.6. The van der Waals surface area contributed by atoms with Crippen LogP contribution in [0.4, 0.5) is 13.2 Å². The Balaban J connectivity index is 1.32. The zero-order chi connectivity index (χ0) is 25.1. The second-order valence-corrected chi connectivity index (χ2v) is 12.8. The number of nitrogens with one attached hydrogen (secondary N) is 2. The summed E-state index contributed by atoms with van der Waals surface area (Å²) in [5, 5.41) is 3.54. The van der Waals surface area contributed by atoms with E-state index in [0.717, 1.165) is 50.8 Å². The number of carbonyl (C=O) groups excluding carboxylic acids is 1. The highest BCUT2D eigenvalue weighted by Gasteiger charge is 2.58. The molecule has 5 aliphatic rings. The molecule has 1 aromatic carbocycles. The van der Waals surface area contributed by atoms with Crippen LogP contribution in [0.5, 0.6) is 5.75 Å². The van der Waals surface area contributed by atoms with Crippen LogP contribution in [0.25, 0.3) is 0 Å². The molecule has 7 nitrogen and oxygen atoms in total. The third kappa shape index (κ3) is 5.17. The molecule has 1 amide bonds. The Hall–Kier alpha value is -1.85. The van der Waals surface area contributed by atoms with E-state index >= 15 is 0 Å². The minimum Gasteiger partial charge on any atom is -0.406 e. The number of amides is 1. The van der Waals surface area contributed by atoms with E-state index in [1.807, 2.05) is 4.90 Å². The maximum Gasteiger partial charge on any atom is 0.573 e. The Labute approximate surface area is 203 Å². The monoisotopic (exact) mass is 515 g/mol. The Morgan fingerprint density at radius 2 is 1.86 bits per heavy atom. The lowest BCUT2D eigenvalue weighted by atomic mass is 9.50. The molecule has 194 valence electrons. The van der Waals surface area contributed by atoms with Crippen molar-refractivity contribution in [3.8, 4) is 5.75 Å². The number of benzene rings is 1. The largest absolute Gasteiger partial charge is 0.573 e. The van der Waals surface area contributed by atoms with Gasteiger partial charge in [-0.1, -0.05) is 6.07 Å². The summed E-state index contributed by atoms with van der Waals surface area (Å²) in [5.74, 6) is 0.194. The van der Waals surface area contributed by atoms with Crippen LogP contribution in [-0.2, 0) is 14.8 Å². The molecule has 4 saturated carbocycles. The molecule has 1 aromatic rings. The summed E-state index contributed by atoms with van der Waals surface area (Å²) in [7, 11) is -4.08. The van der Waals surface area contributed by atoms with Crippen LogP contribution in [0.3, 0.4) is 0 Å². The summed E-state index contributed by atoms with van der Waals surface area (Å²) in [4.78, 5) is 14.5. The van der Waals surface area contributed by atoms with Crippen LogP contribution in [0, 0.1) is 11.8 Å². The summed E-state index contributed by atoms with van der Waals surface area (Å²) < 4.78 is 71.2. The number of hydrogen-bond donors (Lipinski definition) is 2. The Bertz CT molecular complexity index is 1080. The van der Waals surface area contributed by atoms with E-state index in [1.165, 1.54) is 12.1 Å². The van der Waals surface area contributed by atoms with Gasteiger partial charge >= 0.3 is 6.36 Å². The van der Waals surface area contributed by atoms with Gasteiger partial charge in [0, 0.05) is 29.7 Å². The minimum atomic E-state index is -4.90. The topological polar surface area (TPSA) is 87.7 Å². The van der Waals surface area contributed by atoms with E-state index in [2.05, 4.69) is 21.7 Å². The number of hydrogen-bond acceptors (Lipinski definition) is 5. The second-order valence-electron chi connectivity index (χ2n) is 11.1. The molecule has 4 bridgehead atoms. The van der Waals surface area contributed by atoms with Gasteiger partial charge in [0.05, 0.1) is 11.4 Å². The van der Waals surface area contributed by atoms with Gasteiger partial charge in [0.2, 0.25) is 15.9 Å². The van der Waals surface area contributed by atoms with Crippen LogP contribution in [0.15, 0.2) is 29.2 Å². The van der Waals surface area contributed by atoms with Crippen LogP contribution in [0.2, 0.25) is 0 Å². The third-order valence-corrected chi connectivity index (χ3v) is 9.83. The molecule has 11 heteroatoms. The van der Waals surface area contributed by atoms with Crippen LogP contribution in [0.1, 0.15) is 58.3 Å². The smallest absolute Gasteiger partial charge is 0.406 e. The maximum atomic E-state index is 13.3. The van der Waals surface area contributed by atoms with Crippen molar-refractivity contribution in [3.63, 3.8) is 0 Å². The molecule has 5 fully saturated rings. The van der Waals surface area contributed by atoms with Gasteiger partial charge in [-0.15, -0.1) is 13.2 Å². The Morgan fingerprint density at radius 3 is 2.49 bits per heavy atom. The van der Waals surface area contributed by atoms with Gasteiger partial charge in [-0.25, -0.2) is 13.1 Å². The van der Waals surface area contributed by atoms with Crippen molar-refractivity contribution < 1.29 is 31.1 Å². The normalized spacial score (nSPS) is 34.4. The standard InChI is InChI=1S/C24H32F3N3O4S/c1-16-4-3-7-30(16)21(31)14-28-22-10-17-8-18(11-22)13-23(12-17,15-22)29-35(32,33)20-6-2-5-19(9-20)34-24(25,26)27/h2,5-6,9,16-18,28-29H,3-4,7-8,10-15H2,1H3. The van der Waals surface area contributed by atoms with Gasteiger partial charge in [0.1, 0.15) is 5.75 Å². The number of sulfonamides is 1. The molecule has 4 aliphatic carbocycles. The number of ether oxygens (including phenoxy) is 1. The van der Waals surface area contributed by atoms with Crippen molar-refractivity contribution in [1.29, 1.82) is 0 Å². The highest BCUT2D eigenvalue weighted by Crippen LogP contribution is 2.57. The summed E-state index contributed by atoms with van der Waals surface area (Å²) in [6.07, 6.45) is 1.94. The predicted octanol–water partition coefficient (Wildman–Crippen LogP) is 3.56. The molecule has 3 atom stereocenters. The number of carbonyl (C=O) groups is 1. The molecule has 0 radical (unpaired) electrons. The van der Waals surface area contributed by atoms with E-state index in [0.29, 0.717) is 31.1 Å². The van der Waals surface area contributed by atoms with Crippen molar-refractivity contribution >= 4 is 15.9 Å². The molecule has 1 heterocycles. The van der Waals surface area contributed by atoms with Gasteiger partial charge in [-0.3, -0.25) is 4.79 Å². The number of nitrogens with zero attached hydrogens (tertiary/aromatic N) is 1. The maximum absolute atomic E-state index is 13.3. The average molecular weight is 516 g/mol. The van der Waals surface area contributed by atoms with Crippen molar-refractivity contribution in [2.24, 2.45) is 11.8 Å². The summed E-state index contributed by atoms with van der Waals surface area (Å²) in [6.45, 7) is 3.08. The van der Waals surface area contributed by atoms with E-state index in [-0.39, 0.29) is 28.9 Å². The molecule has 1 aliphatic heterocycles. The van der Waals surface area contributed by atoms with E-state index in [9.17, 15) is 26.4 Å². The molecule has 35 heavy (non-hydrogen) atoms. The SMILES string of the molecule is CC1CCCN1C(=O)CNC12CC3CC(C1)CC(NS(=O)(=O)c1cccc(OC(F)(F)F)c1)(C3)C2. The van der Waals surface area contributed by atoms with Gasteiger partial charge in [-0.2, -0.15) is 0 Å². The first kappa shape index (κ1) is 24.8. The molecule has 6 rings (SSSR count). The Kier molecular flexibility index (Phi) is 6.12. The van der Waals surface area contributed by atoms with Crippen LogP contribution in [-0.4, -0.2) is 55.8 Å². The zero-order valence-electron chi connectivity index (χ0n) is 19.7. The summed E-state index contributed by atoms with van der Waals surface area (Å²) in [5.41, 5.74) is -0.993. The van der Waals surface area contributed by atoms with E-state index < -0.39 is 27.7 Å². The molecule has 1 saturated heterocycles. The highest BCUT2D eigenvalue weighted by molar-refractivity contribution is 7.89. The van der Waals surface area contributed by atoms with Gasteiger partial charge < -0.3 is 15.0 Å². The fourth-order valence-electron chi connectivity index (χ4n) is 7.44. The first-order chi connectivity index (χ1) is 16.4. The summed E-state index contributed by atoms with van der Waals surface area (Å²) in [6, 6.07) is 4.74. The summed E-state index contributed by atoms with van der Waals surface area (Å²) >= 11 is 0. The minimum absolute atomic E-state index is 0.0851. The van der Waals surface area contributed by atoms with Crippen molar-refractivity contribution in [1.82, 2.24) is 14.9 Å². The molecule has 3 unspecified atom stereocenters. The van der Waals surface area contributed by atoms with Crippen LogP contribution >= 0.6 is 0 Å². The van der Waals surface area contributed by atoms with E-state index in [1.54, 1.807) is 0 Å². The number of alkyl halides is 3. The van der Waals surface area contributed by atoms with Crippen molar-refractivity contribution in [2.75, 3.05) is 13.1 Å². The lowest BCUT2D eigenvalue weighted by Gasteiger charge is -2.62. The second kappa shape index (κ2) is 8.62. The number of rotatable bonds is 7. The highest BCUT2D eigenvalue weighted by atomic mass is 32.2. The number of likely N-dealkylation sites (tertiary alicyclic amines) is 1. The van der Waals surface area contributed by atoms with Gasteiger partial charge in [0.25, 0.3) is 0 Å². The van der Waals surface area contributed by atoms with Gasteiger partial charge in [-0.05, 0) is 82.3 Å². The predicted molar refractivity (Wildman–Crippen MR) is 122 cm³/mol. The molecule has 2 N–H and O–H groups in total. The van der Waals surface area contributed by atoms with Crippen molar-refractivity contribution in [3.05, 3.63) is 24.3 Å². The van der Waals surface area contributed by atoms with Gasteiger partial charge in [0.15, 0.2) is 0 Å². The molecular formula is C24H32F3N3O4S. The fraction of sp³-hybridized carbons (Fsp3) is 0.708.